The molecular formula is C11H19NO7. The number of carbonyl (C=O) groups is 3. The number of rotatable bonds is 7. The molecule has 0 saturated carbocycles. The van der Waals surface area contributed by atoms with Crippen LogP contribution in [0.15, 0.2) is 0 Å². The van der Waals surface area contributed by atoms with Crippen LogP contribution in [0.5, 0.6) is 0 Å². The molecule has 0 heterocycles. The molecule has 0 aliphatic rings. The molecule has 2 unspecified atom stereocenters. The number of methoxy groups -OCH3 is 1. The van der Waals surface area contributed by atoms with Gasteiger partial charge in [-0.25, -0.2) is 9.59 Å². The largest absolute Gasteiger partial charge is 0.467 e. The van der Waals surface area contributed by atoms with Crippen molar-refractivity contribution in [1.29, 1.82) is 0 Å². The number of carbonyl (C=O) groups excluding carboxylic acids is 3. The van der Waals surface area contributed by atoms with Crippen LogP contribution in [0.3, 0.4) is 0 Å². The molecule has 0 aromatic heterocycles. The number of likely N-dealkylation sites (N-methyl/N-ethyl adjacent to an activating group) is 1. The summed E-state index contributed by atoms with van der Waals surface area (Å²) in [7, 11) is 0.994. The summed E-state index contributed by atoms with van der Waals surface area (Å²) in [6.45, 7) is 3.88. The smallest absolute Gasteiger partial charge is 0.338 e. The van der Waals surface area contributed by atoms with E-state index in [9.17, 15) is 24.6 Å². The minimum Gasteiger partial charge on any atom is -0.467 e. The summed E-state index contributed by atoms with van der Waals surface area (Å²) in [5, 5.41) is 18.5. The second-order valence-corrected chi connectivity index (χ2v) is 3.59. The lowest BCUT2D eigenvalue weighted by Crippen LogP contribution is -2.43. The molecule has 0 aromatic carbocycles. The van der Waals surface area contributed by atoms with E-state index in [0.717, 1.165) is 7.11 Å². The van der Waals surface area contributed by atoms with Gasteiger partial charge in [-0.05, 0) is 13.8 Å². The normalized spacial score (nSPS) is 13.3. The zero-order valence-electron chi connectivity index (χ0n) is 11.2. The fraction of sp³-hybridized carbons (Fsp3) is 0.727. The van der Waals surface area contributed by atoms with Gasteiger partial charge in [0.15, 0.2) is 18.8 Å². The van der Waals surface area contributed by atoms with Crippen molar-refractivity contribution in [2.24, 2.45) is 0 Å². The molecule has 110 valence electrons. The second kappa shape index (κ2) is 8.44. The highest BCUT2D eigenvalue weighted by Gasteiger charge is 2.32. The third-order valence-electron chi connectivity index (χ3n) is 2.44. The Morgan fingerprint density at radius 3 is 1.95 bits per heavy atom. The number of nitrogens with zero attached hydrogens (tertiary/aromatic N) is 1. The Bertz CT molecular complexity index is 327. The molecule has 0 aromatic rings. The van der Waals surface area contributed by atoms with Gasteiger partial charge in [-0.15, -0.1) is 0 Å². The Balaban J connectivity index is 4.31. The molecule has 0 aliphatic carbocycles. The molecule has 19 heavy (non-hydrogen) atoms. The third-order valence-corrected chi connectivity index (χ3v) is 2.44. The van der Waals surface area contributed by atoms with Gasteiger partial charge in [0.25, 0.3) is 5.91 Å². The zero-order valence-corrected chi connectivity index (χ0v) is 11.2. The van der Waals surface area contributed by atoms with Crippen LogP contribution in [0, 0.1) is 0 Å². The number of aliphatic hydroxyl groups is 2. The second-order valence-electron chi connectivity index (χ2n) is 3.59. The molecule has 2 N–H and O–H groups in total. The van der Waals surface area contributed by atoms with Gasteiger partial charge in [0.2, 0.25) is 0 Å². The van der Waals surface area contributed by atoms with Crippen molar-refractivity contribution in [3.63, 3.8) is 0 Å². The minimum atomic E-state index is -2.09. The topological polar surface area (TPSA) is 113 Å². The highest BCUT2D eigenvalue weighted by Crippen LogP contribution is 2.00. The summed E-state index contributed by atoms with van der Waals surface area (Å²) < 4.78 is 8.67. The van der Waals surface area contributed by atoms with Crippen molar-refractivity contribution in [1.82, 2.24) is 4.90 Å². The van der Waals surface area contributed by atoms with Crippen LogP contribution in [0.25, 0.3) is 0 Å². The quantitative estimate of drug-likeness (QED) is 0.533. The highest BCUT2D eigenvalue weighted by molar-refractivity contribution is 5.87. The van der Waals surface area contributed by atoms with Crippen molar-refractivity contribution >= 4 is 17.8 Å². The van der Waals surface area contributed by atoms with E-state index in [0.29, 0.717) is 13.1 Å². The lowest BCUT2D eigenvalue weighted by molar-refractivity contribution is -0.173. The number of ether oxygens (including phenoxy) is 2. The Hall–Kier alpha value is -1.67. The lowest BCUT2D eigenvalue weighted by atomic mass is 10.2. The molecule has 0 bridgehead atoms. The maximum atomic E-state index is 11.5. The molecule has 1 amide bonds. The van der Waals surface area contributed by atoms with Crippen molar-refractivity contribution in [3.8, 4) is 0 Å². The van der Waals surface area contributed by atoms with E-state index in [1.54, 1.807) is 13.8 Å². The van der Waals surface area contributed by atoms with Gasteiger partial charge < -0.3 is 24.6 Å². The molecule has 8 nitrogen and oxygen atoms in total. The first-order valence-corrected chi connectivity index (χ1v) is 5.77. The maximum absolute atomic E-state index is 11.5. The molecule has 0 saturated heterocycles. The molecule has 0 rings (SSSR count). The van der Waals surface area contributed by atoms with Crippen LogP contribution in [-0.4, -0.2) is 72.0 Å². The maximum Gasteiger partial charge on any atom is 0.338 e. The lowest BCUT2D eigenvalue weighted by Gasteiger charge is -2.19. The SMILES string of the molecule is CCN(CC)C(=O)COC(=O)C(O)C(O)C(=O)OC. The van der Waals surface area contributed by atoms with Crippen molar-refractivity contribution in [3.05, 3.63) is 0 Å². The van der Waals surface area contributed by atoms with Gasteiger partial charge in [-0.1, -0.05) is 0 Å². The molecule has 0 radical (unpaired) electrons. The van der Waals surface area contributed by atoms with Crippen molar-refractivity contribution < 1.29 is 34.1 Å². The molecular weight excluding hydrogens is 258 g/mol. The average molecular weight is 277 g/mol. The number of esters is 2. The van der Waals surface area contributed by atoms with Crippen molar-refractivity contribution in [2.75, 3.05) is 26.8 Å². The van der Waals surface area contributed by atoms with E-state index in [-0.39, 0.29) is 0 Å². The van der Waals surface area contributed by atoms with Gasteiger partial charge in [0.05, 0.1) is 7.11 Å². The van der Waals surface area contributed by atoms with Gasteiger partial charge >= 0.3 is 11.9 Å². The third kappa shape index (κ3) is 5.23. The Morgan fingerprint density at radius 1 is 1.05 bits per heavy atom. The van der Waals surface area contributed by atoms with E-state index >= 15 is 0 Å². The number of hydrogen-bond donors (Lipinski definition) is 2. The first-order chi connectivity index (χ1) is 8.88. The molecule has 0 fully saturated rings. The minimum absolute atomic E-state index is 0.432. The summed E-state index contributed by atoms with van der Waals surface area (Å²) in [4.78, 5) is 35.1. The van der Waals surface area contributed by atoms with E-state index in [4.69, 9.17) is 0 Å². The standard InChI is InChI=1S/C11H19NO7/c1-4-12(5-2)7(13)6-19-11(17)9(15)8(14)10(16)18-3/h8-9,14-15H,4-6H2,1-3H3. The van der Waals surface area contributed by atoms with E-state index in [2.05, 4.69) is 9.47 Å². The zero-order chi connectivity index (χ0) is 15.0. The number of hydrogen-bond acceptors (Lipinski definition) is 7. The summed E-state index contributed by atoms with van der Waals surface area (Å²) in [6.07, 6.45) is -4.13. The Kier molecular flexibility index (Phi) is 7.69. The van der Waals surface area contributed by atoms with Crippen LogP contribution < -0.4 is 0 Å². The van der Waals surface area contributed by atoms with Crippen molar-refractivity contribution in [2.45, 2.75) is 26.1 Å². The number of amides is 1. The monoisotopic (exact) mass is 277 g/mol. The summed E-state index contributed by atoms with van der Waals surface area (Å²) in [6, 6.07) is 0. The van der Waals surface area contributed by atoms with Crippen LogP contribution in [0.2, 0.25) is 0 Å². The Labute approximate surface area is 110 Å². The first-order valence-electron chi connectivity index (χ1n) is 5.77. The average Bonchev–Trinajstić information content (AvgIpc) is 2.43. The first kappa shape index (κ1) is 17.3. The number of aliphatic hydroxyl groups excluding tert-OH is 2. The fourth-order valence-corrected chi connectivity index (χ4v) is 1.26. The summed E-state index contributed by atoms with van der Waals surface area (Å²) in [5.41, 5.74) is 0. The van der Waals surface area contributed by atoms with E-state index in [1.165, 1.54) is 4.90 Å². The van der Waals surface area contributed by atoms with Crippen LogP contribution >= 0.6 is 0 Å². The van der Waals surface area contributed by atoms with Gasteiger partial charge in [0, 0.05) is 13.1 Å². The molecule has 0 spiro atoms. The van der Waals surface area contributed by atoms with Crippen LogP contribution in [0.1, 0.15) is 13.8 Å². The van der Waals surface area contributed by atoms with Gasteiger partial charge in [0.1, 0.15) is 0 Å². The van der Waals surface area contributed by atoms with Crippen LogP contribution in [0.4, 0.5) is 0 Å². The van der Waals surface area contributed by atoms with E-state index in [1.807, 2.05) is 0 Å². The summed E-state index contributed by atoms with van der Waals surface area (Å²) >= 11 is 0. The predicted octanol–water partition coefficient (Wildman–Crippen LogP) is -1.71. The van der Waals surface area contributed by atoms with Gasteiger partial charge in [-0.2, -0.15) is 0 Å². The Morgan fingerprint density at radius 2 is 1.53 bits per heavy atom. The molecule has 0 aliphatic heterocycles. The van der Waals surface area contributed by atoms with Gasteiger partial charge in [-0.3, -0.25) is 4.79 Å². The fourth-order valence-electron chi connectivity index (χ4n) is 1.26. The molecule has 8 heteroatoms. The van der Waals surface area contributed by atoms with Crippen LogP contribution in [-0.2, 0) is 23.9 Å². The summed E-state index contributed by atoms with van der Waals surface area (Å²) in [5.74, 6) is -2.86. The van der Waals surface area contributed by atoms with E-state index < -0.39 is 36.7 Å². The highest BCUT2D eigenvalue weighted by atomic mass is 16.6. The molecule has 2 atom stereocenters. The predicted molar refractivity (Wildman–Crippen MR) is 62.9 cm³/mol.